The van der Waals surface area contributed by atoms with E-state index < -0.39 is 0 Å². The van der Waals surface area contributed by atoms with Crippen LogP contribution in [-0.2, 0) is 6.54 Å². The molecule has 2 aliphatic rings. The van der Waals surface area contributed by atoms with Crippen molar-refractivity contribution in [3.8, 4) is 5.75 Å². The molecule has 1 fully saturated rings. The highest BCUT2D eigenvalue weighted by Crippen LogP contribution is 2.31. The number of fused-ring (bicyclic) bond motifs is 1. The maximum absolute atomic E-state index is 5.90. The lowest BCUT2D eigenvalue weighted by molar-refractivity contribution is 0.0602. The maximum Gasteiger partial charge on any atom is 0.137 e. The first kappa shape index (κ1) is 12.8. The topological polar surface area (TPSA) is 43.2 Å². The highest BCUT2D eigenvalue weighted by Gasteiger charge is 2.32. The number of rotatable bonds is 4. The molecule has 0 bridgehead atoms. The van der Waals surface area contributed by atoms with Gasteiger partial charge in [-0.1, -0.05) is 6.42 Å². The van der Waals surface area contributed by atoms with E-state index >= 15 is 0 Å². The highest BCUT2D eigenvalue weighted by atomic mass is 16.5. The second kappa shape index (κ2) is 5.48. The van der Waals surface area contributed by atoms with E-state index in [9.17, 15) is 0 Å². The molecule has 1 atom stereocenters. The Morgan fingerprint density at radius 2 is 2.19 bits per heavy atom. The minimum atomic E-state index is 0.282. The number of nitrogens with zero attached hydrogens (tertiary/aromatic N) is 4. The van der Waals surface area contributed by atoms with Crippen molar-refractivity contribution in [1.82, 2.24) is 19.7 Å². The van der Waals surface area contributed by atoms with E-state index in [0.29, 0.717) is 6.61 Å². The molecule has 0 amide bonds. The second-order valence-corrected chi connectivity index (χ2v) is 5.93. The number of hydrogen-bond donors (Lipinski definition) is 0. The predicted octanol–water partition coefficient (Wildman–Crippen LogP) is 2.27. The molecule has 0 radical (unpaired) electrons. The number of aromatic nitrogens is 3. The smallest absolute Gasteiger partial charge is 0.137 e. The molecule has 0 aromatic carbocycles. The zero-order valence-corrected chi connectivity index (χ0v) is 12.1. The summed E-state index contributed by atoms with van der Waals surface area (Å²) in [5.41, 5.74) is 1.30. The van der Waals surface area contributed by atoms with Gasteiger partial charge in [0.05, 0.1) is 17.9 Å². The van der Waals surface area contributed by atoms with E-state index in [1.165, 1.54) is 25.0 Å². The van der Waals surface area contributed by atoms with Crippen molar-refractivity contribution in [2.75, 3.05) is 13.2 Å². The summed E-state index contributed by atoms with van der Waals surface area (Å²) in [5.74, 6) is 0.826. The van der Waals surface area contributed by atoms with Crippen LogP contribution in [0.15, 0.2) is 36.8 Å². The quantitative estimate of drug-likeness (QED) is 0.864. The molecule has 1 saturated carbocycles. The van der Waals surface area contributed by atoms with E-state index in [2.05, 4.69) is 25.7 Å². The van der Waals surface area contributed by atoms with E-state index in [-0.39, 0.29) is 6.04 Å². The fraction of sp³-hybridized carbons (Fsp3) is 0.500. The number of ether oxygens (including phenoxy) is 1. The van der Waals surface area contributed by atoms with Crippen LogP contribution in [0, 0.1) is 0 Å². The van der Waals surface area contributed by atoms with Gasteiger partial charge in [0, 0.05) is 31.5 Å². The van der Waals surface area contributed by atoms with Crippen molar-refractivity contribution < 1.29 is 4.74 Å². The molecule has 0 spiro atoms. The lowest BCUT2D eigenvalue weighted by Crippen LogP contribution is -2.47. The van der Waals surface area contributed by atoms with Crippen LogP contribution in [0.1, 0.15) is 31.0 Å². The van der Waals surface area contributed by atoms with Crippen LogP contribution in [0.25, 0.3) is 0 Å². The Balaban J connectivity index is 1.48. The van der Waals surface area contributed by atoms with Gasteiger partial charge in [-0.3, -0.25) is 14.6 Å². The highest BCUT2D eigenvalue weighted by molar-refractivity contribution is 5.15. The largest absolute Gasteiger partial charge is 0.490 e. The first-order valence-corrected chi connectivity index (χ1v) is 7.69. The van der Waals surface area contributed by atoms with Gasteiger partial charge >= 0.3 is 0 Å². The normalized spacial score (nSPS) is 22.6. The summed E-state index contributed by atoms with van der Waals surface area (Å²) in [5, 5.41) is 4.48. The summed E-state index contributed by atoms with van der Waals surface area (Å²) in [7, 11) is 0. The fourth-order valence-corrected chi connectivity index (χ4v) is 3.19. The zero-order valence-electron chi connectivity index (χ0n) is 12.1. The average Bonchev–Trinajstić information content (AvgIpc) is 2.92. The van der Waals surface area contributed by atoms with Gasteiger partial charge in [-0.15, -0.1) is 0 Å². The van der Waals surface area contributed by atoms with Gasteiger partial charge in [-0.2, -0.15) is 5.10 Å². The van der Waals surface area contributed by atoms with Gasteiger partial charge in [-0.25, -0.2) is 0 Å². The van der Waals surface area contributed by atoms with Crippen molar-refractivity contribution >= 4 is 0 Å². The maximum atomic E-state index is 5.90. The summed E-state index contributed by atoms with van der Waals surface area (Å²) in [6.45, 7) is 2.69. The van der Waals surface area contributed by atoms with E-state index in [0.717, 1.165) is 24.9 Å². The molecule has 2 aromatic rings. The average molecular weight is 284 g/mol. The minimum absolute atomic E-state index is 0.282. The zero-order chi connectivity index (χ0) is 14.1. The van der Waals surface area contributed by atoms with Crippen LogP contribution in [0.2, 0.25) is 0 Å². The van der Waals surface area contributed by atoms with Crippen molar-refractivity contribution in [3.05, 3.63) is 42.5 Å². The lowest BCUT2D eigenvalue weighted by atomic mass is 9.90. The van der Waals surface area contributed by atoms with Crippen LogP contribution in [0.3, 0.4) is 0 Å². The van der Waals surface area contributed by atoms with E-state index in [1.807, 2.05) is 18.3 Å². The molecular weight excluding hydrogens is 264 g/mol. The predicted molar refractivity (Wildman–Crippen MR) is 79.0 cm³/mol. The van der Waals surface area contributed by atoms with Crippen molar-refractivity contribution in [2.24, 2.45) is 0 Å². The Hall–Kier alpha value is -1.88. The van der Waals surface area contributed by atoms with E-state index in [4.69, 9.17) is 4.74 Å². The molecule has 2 aromatic heterocycles. The van der Waals surface area contributed by atoms with Gasteiger partial charge in [-0.05, 0) is 31.0 Å². The van der Waals surface area contributed by atoms with Gasteiger partial charge in [0.15, 0.2) is 0 Å². The second-order valence-electron chi connectivity index (χ2n) is 5.93. The van der Waals surface area contributed by atoms with Crippen LogP contribution >= 0.6 is 0 Å². The number of pyridine rings is 1. The van der Waals surface area contributed by atoms with Crippen molar-refractivity contribution in [2.45, 2.75) is 37.9 Å². The fourth-order valence-electron chi connectivity index (χ4n) is 3.19. The first-order chi connectivity index (χ1) is 10.4. The minimum Gasteiger partial charge on any atom is -0.490 e. The molecule has 5 heteroatoms. The van der Waals surface area contributed by atoms with Crippen molar-refractivity contribution in [1.29, 1.82) is 0 Å². The Morgan fingerprint density at radius 3 is 2.95 bits per heavy atom. The molecule has 1 unspecified atom stereocenters. The molecule has 110 valence electrons. The molecule has 1 aliphatic heterocycles. The van der Waals surface area contributed by atoms with Gasteiger partial charge in [0.2, 0.25) is 0 Å². The van der Waals surface area contributed by atoms with Crippen LogP contribution in [0.4, 0.5) is 0 Å². The summed E-state index contributed by atoms with van der Waals surface area (Å²) < 4.78 is 8.03. The molecule has 21 heavy (non-hydrogen) atoms. The molecule has 0 N–H and O–H groups in total. The monoisotopic (exact) mass is 284 g/mol. The molecule has 3 heterocycles. The van der Waals surface area contributed by atoms with Crippen molar-refractivity contribution in [3.63, 3.8) is 0 Å². The van der Waals surface area contributed by atoms with Crippen LogP contribution in [0.5, 0.6) is 5.75 Å². The third-order valence-electron chi connectivity index (χ3n) is 4.58. The molecular formula is C16H20N4O. The molecule has 4 rings (SSSR count). The summed E-state index contributed by atoms with van der Waals surface area (Å²) in [6.07, 6.45) is 9.47. The Kier molecular flexibility index (Phi) is 3.35. The van der Waals surface area contributed by atoms with Crippen LogP contribution in [-0.4, -0.2) is 38.9 Å². The Morgan fingerprint density at radius 1 is 1.24 bits per heavy atom. The number of hydrogen-bond acceptors (Lipinski definition) is 4. The summed E-state index contributed by atoms with van der Waals surface area (Å²) in [6, 6.07) is 7.01. The standard InChI is InChI=1S/C16H20N4O/c1-3-13(4-1)19-10-14-6-8-18-20(14)15(11-19)12-21-16-5-2-7-17-9-16/h2,5-9,13,15H,1,3-4,10-12H2. The Bertz CT molecular complexity index is 593. The third kappa shape index (κ3) is 2.53. The van der Waals surface area contributed by atoms with Crippen LogP contribution < -0.4 is 4.74 Å². The van der Waals surface area contributed by atoms with Gasteiger partial charge in [0.25, 0.3) is 0 Å². The van der Waals surface area contributed by atoms with E-state index in [1.54, 1.807) is 12.4 Å². The van der Waals surface area contributed by atoms with Gasteiger partial charge in [0.1, 0.15) is 12.4 Å². The van der Waals surface area contributed by atoms with Gasteiger partial charge < -0.3 is 4.74 Å². The molecule has 1 aliphatic carbocycles. The lowest BCUT2D eigenvalue weighted by Gasteiger charge is -2.42. The summed E-state index contributed by atoms with van der Waals surface area (Å²) in [4.78, 5) is 6.69. The molecule has 5 nitrogen and oxygen atoms in total. The summed E-state index contributed by atoms with van der Waals surface area (Å²) >= 11 is 0. The molecule has 0 saturated heterocycles. The SMILES string of the molecule is c1cncc(OCC2CN(C3CCC3)Cc3ccnn32)c1. The first-order valence-electron chi connectivity index (χ1n) is 7.69. The Labute approximate surface area is 124 Å². The third-order valence-corrected chi connectivity index (χ3v) is 4.58.